The molecule has 2 aromatic carbocycles. The van der Waals surface area contributed by atoms with Gasteiger partial charge in [-0.05, 0) is 42.3 Å². The fourth-order valence-corrected chi connectivity index (χ4v) is 2.76. The van der Waals surface area contributed by atoms with Gasteiger partial charge in [-0.3, -0.25) is 9.59 Å². The molecule has 30 heavy (non-hydrogen) atoms. The highest BCUT2D eigenvalue weighted by molar-refractivity contribution is 5.94. The van der Waals surface area contributed by atoms with Crippen LogP contribution in [0.3, 0.4) is 0 Å². The molecule has 2 amide bonds. The van der Waals surface area contributed by atoms with E-state index in [9.17, 15) is 27.2 Å². The SMILES string of the molecule is NC(=O)c1cccc(CCNC(=O)c2nnn(-c3cccc(F)c3)c2C(F)(F)F)c1. The number of carbonyl (C=O) groups is 2. The Balaban J connectivity index is 1.79. The lowest BCUT2D eigenvalue weighted by Crippen LogP contribution is -2.29. The van der Waals surface area contributed by atoms with Crippen LogP contribution in [-0.2, 0) is 12.6 Å². The molecule has 0 bridgehead atoms. The first kappa shape index (κ1) is 21.0. The third-order valence-corrected chi connectivity index (χ3v) is 4.12. The van der Waals surface area contributed by atoms with Crippen LogP contribution in [0.2, 0.25) is 0 Å². The number of rotatable bonds is 6. The zero-order valence-corrected chi connectivity index (χ0v) is 15.3. The van der Waals surface area contributed by atoms with E-state index in [-0.39, 0.29) is 24.2 Å². The fraction of sp³-hybridized carbons (Fsp3) is 0.158. The second kappa shape index (κ2) is 8.31. The maximum atomic E-state index is 13.6. The highest BCUT2D eigenvalue weighted by Crippen LogP contribution is 2.32. The smallest absolute Gasteiger partial charge is 0.366 e. The van der Waals surface area contributed by atoms with Crippen molar-refractivity contribution in [2.24, 2.45) is 5.73 Å². The summed E-state index contributed by atoms with van der Waals surface area (Å²) in [7, 11) is 0. The van der Waals surface area contributed by atoms with Gasteiger partial charge >= 0.3 is 6.18 Å². The van der Waals surface area contributed by atoms with E-state index >= 15 is 0 Å². The zero-order chi connectivity index (χ0) is 21.9. The number of carbonyl (C=O) groups excluding carboxylic acids is 2. The Kier molecular flexibility index (Phi) is 5.81. The van der Waals surface area contributed by atoms with Crippen molar-refractivity contribution in [3.05, 3.63) is 76.9 Å². The summed E-state index contributed by atoms with van der Waals surface area (Å²) in [6, 6.07) is 10.7. The molecule has 1 aromatic heterocycles. The number of primary amides is 1. The number of hydrogen-bond acceptors (Lipinski definition) is 4. The Morgan fingerprint density at radius 2 is 1.83 bits per heavy atom. The maximum Gasteiger partial charge on any atom is 0.435 e. The van der Waals surface area contributed by atoms with Crippen molar-refractivity contribution in [1.82, 2.24) is 20.3 Å². The van der Waals surface area contributed by atoms with E-state index in [0.717, 1.165) is 12.1 Å². The third kappa shape index (κ3) is 4.62. The standard InChI is InChI=1S/C19H15F4N5O2/c20-13-5-2-6-14(10-13)28-16(19(21,22)23)15(26-27-28)18(30)25-8-7-11-3-1-4-12(9-11)17(24)29/h1-6,9-10H,7-8H2,(H2,24,29)(H,25,30). The molecular weight excluding hydrogens is 406 g/mol. The number of amides is 2. The highest BCUT2D eigenvalue weighted by atomic mass is 19.4. The summed E-state index contributed by atoms with van der Waals surface area (Å²) in [5, 5.41) is 9.07. The molecule has 3 aromatic rings. The van der Waals surface area contributed by atoms with Gasteiger partial charge in [0.25, 0.3) is 5.91 Å². The first-order chi connectivity index (χ1) is 14.2. The molecule has 3 N–H and O–H groups in total. The van der Waals surface area contributed by atoms with Crippen molar-refractivity contribution in [3.63, 3.8) is 0 Å². The minimum Gasteiger partial charge on any atom is -0.366 e. The summed E-state index contributed by atoms with van der Waals surface area (Å²) in [5.74, 6) is -2.47. The largest absolute Gasteiger partial charge is 0.435 e. The normalized spacial score (nSPS) is 11.3. The number of benzene rings is 2. The van der Waals surface area contributed by atoms with Crippen molar-refractivity contribution in [3.8, 4) is 5.69 Å². The van der Waals surface area contributed by atoms with Crippen molar-refractivity contribution in [2.45, 2.75) is 12.6 Å². The minimum atomic E-state index is -4.96. The van der Waals surface area contributed by atoms with Gasteiger partial charge in [0.15, 0.2) is 11.4 Å². The van der Waals surface area contributed by atoms with Crippen molar-refractivity contribution < 1.29 is 27.2 Å². The molecule has 0 radical (unpaired) electrons. The minimum absolute atomic E-state index is 0.0226. The summed E-state index contributed by atoms with van der Waals surface area (Å²) in [4.78, 5) is 23.5. The van der Waals surface area contributed by atoms with E-state index < -0.39 is 35.2 Å². The first-order valence-electron chi connectivity index (χ1n) is 8.62. The summed E-state index contributed by atoms with van der Waals surface area (Å²) in [6.07, 6.45) is -4.72. The van der Waals surface area contributed by atoms with Crippen LogP contribution in [0.25, 0.3) is 5.69 Å². The average Bonchev–Trinajstić information content (AvgIpc) is 3.14. The van der Waals surface area contributed by atoms with Gasteiger partial charge in [0.1, 0.15) is 5.82 Å². The van der Waals surface area contributed by atoms with Crippen LogP contribution in [0.4, 0.5) is 17.6 Å². The molecule has 11 heteroatoms. The van der Waals surface area contributed by atoms with Gasteiger partial charge in [-0.15, -0.1) is 5.10 Å². The number of nitrogens with zero attached hydrogens (tertiary/aromatic N) is 3. The Hall–Kier alpha value is -3.76. The molecule has 0 spiro atoms. The van der Waals surface area contributed by atoms with Gasteiger partial charge in [0, 0.05) is 12.1 Å². The lowest BCUT2D eigenvalue weighted by Gasteiger charge is -2.11. The third-order valence-electron chi connectivity index (χ3n) is 4.12. The van der Waals surface area contributed by atoms with Gasteiger partial charge in [0.05, 0.1) is 5.69 Å². The lowest BCUT2D eigenvalue weighted by atomic mass is 10.1. The number of nitrogens with one attached hydrogen (secondary N) is 1. The van der Waals surface area contributed by atoms with E-state index in [4.69, 9.17) is 5.73 Å². The molecular formula is C19H15F4N5O2. The summed E-state index contributed by atoms with van der Waals surface area (Å²) in [5.41, 5.74) is 3.56. The van der Waals surface area contributed by atoms with E-state index in [1.165, 1.54) is 24.3 Å². The topological polar surface area (TPSA) is 103 Å². The molecule has 1 heterocycles. The van der Waals surface area contributed by atoms with Crippen LogP contribution in [0, 0.1) is 5.82 Å². The summed E-state index contributed by atoms with van der Waals surface area (Å²) >= 11 is 0. The maximum absolute atomic E-state index is 13.6. The average molecular weight is 421 g/mol. The molecule has 0 fully saturated rings. The number of aromatic nitrogens is 3. The highest BCUT2D eigenvalue weighted by Gasteiger charge is 2.42. The second-order valence-corrected chi connectivity index (χ2v) is 6.25. The molecule has 0 aliphatic carbocycles. The summed E-state index contributed by atoms with van der Waals surface area (Å²) in [6.45, 7) is -0.0226. The Labute approximate surface area is 167 Å². The van der Waals surface area contributed by atoms with Crippen LogP contribution in [0.5, 0.6) is 0 Å². The van der Waals surface area contributed by atoms with E-state index in [1.807, 2.05) is 0 Å². The first-order valence-corrected chi connectivity index (χ1v) is 8.62. The van der Waals surface area contributed by atoms with Crippen LogP contribution >= 0.6 is 0 Å². The van der Waals surface area contributed by atoms with E-state index in [0.29, 0.717) is 10.2 Å². The van der Waals surface area contributed by atoms with Crippen LogP contribution < -0.4 is 11.1 Å². The molecule has 3 rings (SSSR count). The molecule has 0 aliphatic heterocycles. The van der Waals surface area contributed by atoms with Crippen molar-refractivity contribution in [1.29, 1.82) is 0 Å². The predicted octanol–water partition coefficient (Wildman–Crippen LogP) is 2.50. The predicted molar refractivity (Wildman–Crippen MR) is 97.3 cm³/mol. The monoisotopic (exact) mass is 421 g/mol. The van der Waals surface area contributed by atoms with Crippen LogP contribution in [0.15, 0.2) is 48.5 Å². The van der Waals surface area contributed by atoms with Gasteiger partial charge in [0.2, 0.25) is 5.91 Å². The number of halogens is 4. The van der Waals surface area contributed by atoms with Crippen LogP contribution in [-0.4, -0.2) is 33.4 Å². The molecule has 7 nitrogen and oxygen atoms in total. The number of hydrogen-bond donors (Lipinski definition) is 2. The van der Waals surface area contributed by atoms with Gasteiger partial charge in [-0.2, -0.15) is 13.2 Å². The molecule has 0 saturated carbocycles. The van der Waals surface area contributed by atoms with Gasteiger partial charge < -0.3 is 11.1 Å². The Morgan fingerprint density at radius 1 is 1.10 bits per heavy atom. The van der Waals surface area contributed by atoms with Crippen molar-refractivity contribution in [2.75, 3.05) is 6.54 Å². The molecule has 0 atom stereocenters. The van der Waals surface area contributed by atoms with E-state index in [1.54, 1.807) is 12.1 Å². The van der Waals surface area contributed by atoms with E-state index in [2.05, 4.69) is 15.6 Å². The molecule has 0 unspecified atom stereocenters. The lowest BCUT2D eigenvalue weighted by molar-refractivity contribution is -0.143. The van der Waals surface area contributed by atoms with Gasteiger partial charge in [-0.25, -0.2) is 9.07 Å². The van der Waals surface area contributed by atoms with Gasteiger partial charge in [-0.1, -0.05) is 23.4 Å². The van der Waals surface area contributed by atoms with Crippen LogP contribution in [0.1, 0.15) is 32.1 Å². The van der Waals surface area contributed by atoms with Crippen molar-refractivity contribution >= 4 is 11.8 Å². The number of nitrogens with two attached hydrogens (primary N) is 1. The fourth-order valence-electron chi connectivity index (χ4n) is 2.76. The Morgan fingerprint density at radius 3 is 2.50 bits per heavy atom. The molecule has 0 saturated heterocycles. The quantitative estimate of drug-likeness (QED) is 0.597. The second-order valence-electron chi connectivity index (χ2n) is 6.25. The summed E-state index contributed by atoms with van der Waals surface area (Å²) < 4.78 is 54.5. The molecule has 0 aliphatic rings. The zero-order valence-electron chi connectivity index (χ0n) is 15.3. The Bertz CT molecular complexity index is 1090. The number of alkyl halides is 3. The molecule has 156 valence electrons.